The first-order valence-corrected chi connectivity index (χ1v) is 16.0. The molecule has 0 aliphatic rings. The summed E-state index contributed by atoms with van der Waals surface area (Å²) in [4.78, 5) is 7.12. The summed E-state index contributed by atoms with van der Waals surface area (Å²) in [5, 5.41) is 0. The van der Waals surface area contributed by atoms with Crippen molar-refractivity contribution in [3.05, 3.63) is 41.5 Å². The van der Waals surface area contributed by atoms with Gasteiger partial charge < -0.3 is 0 Å². The Balaban J connectivity index is 2.44. The Kier molecular flexibility index (Phi) is 3.39. The fourth-order valence-corrected chi connectivity index (χ4v) is 4.83. The number of hydrogen-bond acceptors (Lipinski definition) is 1. The third-order valence-corrected chi connectivity index (χ3v) is 7.98. The van der Waals surface area contributed by atoms with Gasteiger partial charge in [-0.15, -0.1) is 0 Å². The predicted octanol–water partition coefficient (Wildman–Crippen LogP) is 4.11. The SMILES string of the molecule is Cc1ccc(-c2cc[c]([Sn]([CH3])([CH3])[CH3])o2)c(C)c1. The van der Waals surface area contributed by atoms with Crippen LogP contribution in [0.3, 0.4) is 0 Å². The topological polar surface area (TPSA) is 13.1 Å². The molecule has 0 unspecified atom stereocenters. The zero-order chi connectivity index (χ0) is 12.6. The summed E-state index contributed by atoms with van der Waals surface area (Å²) < 4.78 is 7.29. The van der Waals surface area contributed by atoms with E-state index in [1.165, 1.54) is 20.5 Å². The van der Waals surface area contributed by atoms with E-state index in [9.17, 15) is 0 Å². The first-order valence-electron chi connectivity index (χ1n) is 6.06. The van der Waals surface area contributed by atoms with Crippen LogP contribution in [0.25, 0.3) is 11.3 Å². The molecule has 1 aromatic heterocycles. The van der Waals surface area contributed by atoms with Crippen LogP contribution in [0.1, 0.15) is 11.1 Å². The van der Waals surface area contributed by atoms with Crippen LogP contribution >= 0.6 is 0 Å². The molecule has 0 spiro atoms. The number of hydrogen-bond donors (Lipinski definition) is 0. The van der Waals surface area contributed by atoms with E-state index in [1.807, 2.05) is 0 Å². The molecule has 1 nitrogen and oxygen atoms in total. The second-order valence-corrected chi connectivity index (χ2v) is 20.0. The monoisotopic (exact) mass is 336 g/mol. The fraction of sp³-hybridized carbons (Fsp3) is 0.333. The van der Waals surface area contributed by atoms with Crippen LogP contribution in [-0.2, 0) is 0 Å². The Morgan fingerprint density at radius 3 is 2.18 bits per heavy atom. The Hall–Kier alpha value is -0.701. The van der Waals surface area contributed by atoms with Crippen LogP contribution in [0.2, 0.25) is 14.8 Å². The van der Waals surface area contributed by atoms with Crippen LogP contribution in [0, 0.1) is 13.8 Å². The van der Waals surface area contributed by atoms with Crippen molar-refractivity contribution in [1.82, 2.24) is 0 Å². The van der Waals surface area contributed by atoms with Gasteiger partial charge in [0.05, 0.1) is 0 Å². The Labute approximate surface area is 108 Å². The molecule has 0 bridgehead atoms. The van der Waals surface area contributed by atoms with E-state index < -0.39 is 18.4 Å². The van der Waals surface area contributed by atoms with Crippen molar-refractivity contribution >= 4 is 22.2 Å². The third-order valence-electron chi connectivity index (χ3n) is 2.99. The van der Waals surface area contributed by atoms with Gasteiger partial charge in [-0.3, -0.25) is 0 Å². The molecule has 0 aliphatic carbocycles. The van der Waals surface area contributed by atoms with Crippen LogP contribution in [0.5, 0.6) is 0 Å². The van der Waals surface area contributed by atoms with Gasteiger partial charge in [-0.1, -0.05) is 0 Å². The summed E-state index contributed by atoms with van der Waals surface area (Å²) in [6.07, 6.45) is 0. The molecule has 2 aromatic rings. The van der Waals surface area contributed by atoms with Crippen molar-refractivity contribution in [3.63, 3.8) is 0 Å². The summed E-state index contributed by atoms with van der Waals surface area (Å²) >= 11 is -2.06. The van der Waals surface area contributed by atoms with Crippen molar-refractivity contribution in [1.29, 1.82) is 0 Å². The molecule has 0 fully saturated rings. The number of rotatable bonds is 2. The van der Waals surface area contributed by atoms with Gasteiger partial charge in [0.15, 0.2) is 0 Å². The predicted molar refractivity (Wildman–Crippen MR) is 76.6 cm³/mol. The van der Waals surface area contributed by atoms with E-state index in [2.05, 4.69) is 59.0 Å². The Morgan fingerprint density at radius 2 is 1.65 bits per heavy atom. The minimum absolute atomic E-state index is 1.02. The summed E-state index contributed by atoms with van der Waals surface area (Å²) in [7, 11) is 0. The average molecular weight is 335 g/mol. The van der Waals surface area contributed by atoms with E-state index in [0.717, 1.165) is 5.76 Å². The molecular weight excluding hydrogens is 315 g/mol. The number of aryl methyl sites for hydroxylation is 2. The first kappa shape index (κ1) is 12.7. The molecule has 0 aliphatic heterocycles. The second-order valence-electron chi connectivity index (χ2n) is 5.73. The van der Waals surface area contributed by atoms with E-state index in [-0.39, 0.29) is 0 Å². The molecule has 0 N–H and O–H groups in total. The van der Waals surface area contributed by atoms with Crippen molar-refractivity contribution in [3.8, 4) is 11.3 Å². The zero-order valence-electron chi connectivity index (χ0n) is 11.3. The molecule has 2 heteroatoms. The van der Waals surface area contributed by atoms with E-state index in [0.29, 0.717) is 0 Å². The summed E-state index contributed by atoms with van der Waals surface area (Å²) in [5.41, 5.74) is 3.81. The maximum absolute atomic E-state index is 6.05. The summed E-state index contributed by atoms with van der Waals surface area (Å²) in [6, 6.07) is 10.8. The molecule has 2 rings (SSSR count). The van der Waals surface area contributed by atoms with Crippen LogP contribution in [-0.4, -0.2) is 18.4 Å². The van der Waals surface area contributed by atoms with Crippen LogP contribution in [0.4, 0.5) is 0 Å². The van der Waals surface area contributed by atoms with Gasteiger partial charge in [0.1, 0.15) is 0 Å². The Morgan fingerprint density at radius 1 is 0.941 bits per heavy atom. The molecule has 0 saturated heterocycles. The normalized spacial score (nSPS) is 11.8. The first-order chi connectivity index (χ1) is 7.88. The van der Waals surface area contributed by atoms with Crippen molar-refractivity contribution in [2.24, 2.45) is 0 Å². The van der Waals surface area contributed by atoms with Crippen molar-refractivity contribution in [2.75, 3.05) is 0 Å². The Bertz CT molecular complexity index is 532. The average Bonchev–Trinajstić information content (AvgIpc) is 2.65. The second kappa shape index (κ2) is 4.52. The molecular formula is C15H20OSn. The summed E-state index contributed by atoms with van der Waals surface area (Å²) in [6.45, 7) is 4.26. The van der Waals surface area contributed by atoms with E-state index in [4.69, 9.17) is 4.42 Å². The summed E-state index contributed by atoms with van der Waals surface area (Å²) in [5.74, 6) is 1.02. The minimum atomic E-state index is -2.06. The fourth-order valence-electron chi connectivity index (χ4n) is 1.98. The van der Waals surface area contributed by atoms with Gasteiger partial charge in [0, 0.05) is 0 Å². The zero-order valence-corrected chi connectivity index (χ0v) is 14.1. The quantitative estimate of drug-likeness (QED) is 0.753. The molecule has 17 heavy (non-hydrogen) atoms. The molecule has 1 aromatic carbocycles. The molecule has 90 valence electrons. The van der Waals surface area contributed by atoms with Gasteiger partial charge in [-0.25, -0.2) is 0 Å². The van der Waals surface area contributed by atoms with E-state index in [1.54, 1.807) is 0 Å². The van der Waals surface area contributed by atoms with Gasteiger partial charge in [-0.2, -0.15) is 0 Å². The van der Waals surface area contributed by atoms with Gasteiger partial charge >= 0.3 is 108 Å². The number of furan rings is 1. The van der Waals surface area contributed by atoms with Crippen molar-refractivity contribution < 1.29 is 4.42 Å². The van der Waals surface area contributed by atoms with Crippen molar-refractivity contribution in [2.45, 2.75) is 28.7 Å². The van der Waals surface area contributed by atoms with Crippen LogP contribution in [0.15, 0.2) is 34.7 Å². The molecule has 0 saturated carbocycles. The molecule has 0 radical (unpaired) electrons. The maximum atomic E-state index is 6.05. The molecule has 0 amide bonds. The number of benzene rings is 1. The van der Waals surface area contributed by atoms with Crippen LogP contribution < -0.4 is 3.78 Å². The van der Waals surface area contributed by atoms with Gasteiger partial charge in [-0.05, 0) is 0 Å². The van der Waals surface area contributed by atoms with Gasteiger partial charge in [0.25, 0.3) is 0 Å². The third kappa shape index (κ3) is 2.76. The standard InChI is InChI=1S/C12H11O.3CH3.Sn/c1-9-5-6-11(10(2)8-9)12-4-3-7-13-12;;;;/h3-6,8H,1-2H3;3*1H3;. The van der Waals surface area contributed by atoms with Gasteiger partial charge in [0.2, 0.25) is 0 Å². The van der Waals surface area contributed by atoms with E-state index >= 15 is 0 Å². The molecule has 1 heterocycles. The molecule has 0 atom stereocenters.